The maximum absolute atomic E-state index is 11.9. The van der Waals surface area contributed by atoms with Crippen LogP contribution in [0.3, 0.4) is 0 Å². The molecule has 0 saturated heterocycles. The first-order valence-corrected chi connectivity index (χ1v) is 6.74. The van der Waals surface area contributed by atoms with Gasteiger partial charge in [0.05, 0.1) is 0 Å². The van der Waals surface area contributed by atoms with Crippen LogP contribution in [0, 0.1) is 0 Å². The summed E-state index contributed by atoms with van der Waals surface area (Å²) in [5.74, 6) is 0. The zero-order valence-electron chi connectivity index (χ0n) is 9.89. The molecule has 1 nitrogen and oxygen atoms in total. The first kappa shape index (κ1) is 14.5. The monoisotopic (exact) mass is 265 g/mol. The van der Waals surface area contributed by atoms with Gasteiger partial charge in [0.25, 0.3) is 0 Å². The van der Waals surface area contributed by atoms with Crippen LogP contribution in [0.25, 0.3) is 0 Å². The van der Waals surface area contributed by atoms with Crippen molar-refractivity contribution in [2.24, 2.45) is 0 Å². The first-order valence-electron chi connectivity index (χ1n) is 5.86. The smallest absolute Gasteiger partial charge is 0.309 e. The molecule has 5 heteroatoms. The van der Waals surface area contributed by atoms with Crippen molar-refractivity contribution in [2.75, 3.05) is 6.54 Å². The molecule has 0 fully saturated rings. The van der Waals surface area contributed by atoms with Crippen molar-refractivity contribution >= 4 is 11.3 Å². The maximum Gasteiger partial charge on any atom is 0.389 e. The normalized spacial score (nSPS) is 13.9. The molecule has 0 aliphatic heterocycles. The molecule has 1 N–H and O–H groups in total. The summed E-state index contributed by atoms with van der Waals surface area (Å²) in [4.78, 5) is 1.25. The second-order valence-corrected chi connectivity index (χ2v) is 4.98. The Morgan fingerprint density at radius 2 is 2.12 bits per heavy atom. The van der Waals surface area contributed by atoms with Gasteiger partial charge in [-0.1, -0.05) is 13.0 Å². The number of rotatable bonds is 7. The highest BCUT2D eigenvalue weighted by molar-refractivity contribution is 7.10. The van der Waals surface area contributed by atoms with Crippen LogP contribution < -0.4 is 5.32 Å². The topological polar surface area (TPSA) is 12.0 Å². The summed E-state index contributed by atoms with van der Waals surface area (Å²) in [5.41, 5.74) is 0. The van der Waals surface area contributed by atoms with Crippen molar-refractivity contribution in [1.82, 2.24) is 5.32 Å². The summed E-state index contributed by atoms with van der Waals surface area (Å²) in [7, 11) is 0. The van der Waals surface area contributed by atoms with Gasteiger partial charge in [-0.05, 0) is 37.3 Å². The molecule has 1 unspecified atom stereocenters. The van der Waals surface area contributed by atoms with Crippen LogP contribution >= 0.6 is 11.3 Å². The van der Waals surface area contributed by atoms with Gasteiger partial charge in [0, 0.05) is 17.3 Å². The molecule has 98 valence electrons. The van der Waals surface area contributed by atoms with E-state index in [1.807, 2.05) is 11.4 Å². The van der Waals surface area contributed by atoms with E-state index < -0.39 is 12.6 Å². The molecule has 0 aliphatic rings. The third-order valence-corrected chi connectivity index (χ3v) is 3.56. The highest BCUT2D eigenvalue weighted by atomic mass is 32.1. The standard InChI is InChI=1S/C12H18F3NS/c1-2-10(11-6-5-9-17-11)16-8-4-3-7-12(13,14)15/h5-6,9-10,16H,2-4,7-8H2,1H3. The summed E-state index contributed by atoms with van der Waals surface area (Å²) in [6.45, 7) is 2.72. The molecular weight excluding hydrogens is 247 g/mol. The van der Waals surface area contributed by atoms with Gasteiger partial charge < -0.3 is 5.32 Å². The van der Waals surface area contributed by atoms with Crippen molar-refractivity contribution in [2.45, 2.75) is 44.8 Å². The van der Waals surface area contributed by atoms with Crippen LogP contribution in [0.1, 0.15) is 43.5 Å². The maximum atomic E-state index is 11.9. The number of halogens is 3. The zero-order valence-corrected chi connectivity index (χ0v) is 10.7. The number of thiophene rings is 1. The van der Waals surface area contributed by atoms with Gasteiger partial charge in [0.2, 0.25) is 0 Å². The molecule has 1 aromatic heterocycles. The van der Waals surface area contributed by atoms with E-state index in [0.717, 1.165) is 6.42 Å². The number of nitrogens with one attached hydrogen (secondary N) is 1. The van der Waals surface area contributed by atoms with Crippen LogP contribution in [-0.2, 0) is 0 Å². The van der Waals surface area contributed by atoms with E-state index in [-0.39, 0.29) is 12.5 Å². The Morgan fingerprint density at radius 3 is 2.65 bits per heavy atom. The number of alkyl halides is 3. The fraction of sp³-hybridized carbons (Fsp3) is 0.667. The summed E-state index contributed by atoms with van der Waals surface area (Å²) >= 11 is 1.68. The van der Waals surface area contributed by atoms with Crippen LogP contribution in [0.15, 0.2) is 17.5 Å². The molecule has 0 amide bonds. The van der Waals surface area contributed by atoms with E-state index in [1.165, 1.54) is 4.88 Å². The average Bonchev–Trinajstić information content (AvgIpc) is 2.75. The minimum Gasteiger partial charge on any atom is -0.309 e. The minimum absolute atomic E-state index is 0.206. The predicted octanol–water partition coefficient (Wildman–Crippen LogP) is 4.52. The minimum atomic E-state index is -4.02. The van der Waals surface area contributed by atoms with E-state index in [0.29, 0.717) is 13.0 Å². The van der Waals surface area contributed by atoms with E-state index in [2.05, 4.69) is 18.3 Å². The van der Waals surface area contributed by atoms with Crippen molar-refractivity contribution < 1.29 is 13.2 Å². The van der Waals surface area contributed by atoms with Gasteiger partial charge in [-0.3, -0.25) is 0 Å². The lowest BCUT2D eigenvalue weighted by Crippen LogP contribution is -2.21. The van der Waals surface area contributed by atoms with E-state index in [1.54, 1.807) is 11.3 Å². The van der Waals surface area contributed by atoms with Gasteiger partial charge in [0.1, 0.15) is 0 Å². The Hall–Kier alpha value is -0.550. The second kappa shape index (κ2) is 7.01. The van der Waals surface area contributed by atoms with Gasteiger partial charge in [0.15, 0.2) is 0 Å². The highest BCUT2D eigenvalue weighted by Gasteiger charge is 2.25. The van der Waals surface area contributed by atoms with Crippen LogP contribution in [0.4, 0.5) is 13.2 Å². The molecule has 1 rings (SSSR count). The lowest BCUT2D eigenvalue weighted by molar-refractivity contribution is -0.135. The van der Waals surface area contributed by atoms with Crippen molar-refractivity contribution in [3.8, 4) is 0 Å². The number of unbranched alkanes of at least 4 members (excludes halogenated alkanes) is 1. The van der Waals surface area contributed by atoms with Crippen molar-refractivity contribution in [1.29, 1.82) is 0 Å². The number of hydrogen-bond acceptors (Lipinski definition) is 2. The largest absolute Gasteiger partial charge is 0.389 e. The molecule has 0 spiro atoms. The Balaban J connectivity index is 2.17. The molecule has 0 radical (unpaired) electrons. The van der Waals surface area contributed by atoms with Crippen molar-refractivity contribution in [3.05, 3.63) is 22.4 Å². The molecule has 1 aromatic rings. The molecule has 1 atom stereocenters. The summed E-state index contributed by atoms with van der Waals surface area (Å²) in [6.07, 6.45) is -2.96. The summed E-state index contributed by atoms with van der Waals surface area (Å²) < 4.78 is 35.7. The predicted molar refractivity (Wildman–Crippen MR) is 65.3 cm³/mol. The third-order valence-electron chi connectivity index (χ3n) is 2.57. The zero-order chi connectivity index (χ0) is 12.7. The first-order chi connectivity index (χ1) is 8.03. The second-order valence-electron chi connectivity index (χ2n) is 4.00. The van der Waals surface area contributed by atoms with Gasteiger partial charge in [-0.15, -0.1) is 11.3 Å². The molecule has 0 aliphatic carbocycles. The Morgan fingerprint density at radius 1 is 1.35 bits per heavy atom. The lowest BCUT2D eigenvalue weighted by Gasteiger charge is -2.15. The summed E-state index contributed by atoms with van der Waals surface area (Å²) in [6, 6.07) is 4.33. The van der Waals surface area contributed by atoms with Gasteiger partial charge >= 0.3 is 6.18 Å². The molecule has 0 aromatic carbocycles. The summed E-state index contributed by atoms with van der Waals surface area (Å²) in [5, 5.41) is 5.32. The molecule has 0 bridgehead atoms. The van der Waals surface area contributed by atoms with Crippen LogP contribution in [-0.4, -0.2) is 12.7 Å². The fourth-order valence-electron chi connectivity index (χ4n) is 1.66. The molecule has 17 heavy (non-hydrogen) atoms. The SMILES string of the molecule is CCC(NCCCCC(F)(F)F)c1cccs1. The average molecular weight is 265 g/mol. The fourth-order valence-corrected chi connectivity index (χ4v) is 2.55. The van der Waals surface area contributed by atoms with E-state index in [9.17, 15) is 13.2 Å². The molecular formula is C12H18F3NS. The Kier molecular flexibility index (Phi) is 5.98. The Labute approximate surface area is 104 Å². The quantitative estimate of drug-likeness (QED) is 0.715. The Bertz CT molecular complexity index is 295. The lowest BCUT2D eigenvalue weighted by atomic mass is 10.1. The van der Waals surface area contributed by atoms with Crippen LogP contribution in [0.2, 0.25) is 0 Å². The van der Waals surface area contributed by atoms with E-state index in [4.69, 9.17) is 0 Å². The van der Waals surface area contributed by atoms with Crippen molar-refractivity contribution in [3.63, 3.8) is 0 Å². The van der Waals surface area contributed by atoms with Gasteiger partial charge in [-0.25, -0.2) is 0 Å². The highest BCUT2D eigenvalue weighted by Crippen LogP contribution is 2.23. The van der Waals surface area contributed by atoms with Gasteiger partial charge in [-0.2, -0.15) is 13.2 Å². The van der Waals surface area contributed by atoms with E-state index >= 15 is 0 Å². The van der Waals surface area contributed by atoms with Crippen LogP contribution in [0.5, 0.6) is 0 Å². The number of hydrogen-bond donors (Lipinski definition) is 1. The molecule has 0 saturated carbocycles. The molecule has 1 heterocycles. The third kappa shape index (κ3) is 6.07.